The standard InChI is InChI=1S/C21H33N5O2.2ClH/c1-16(2)15-26(17-8-6-10-22-14-17)21(27)20-24-18-9-7-11-23-19(18)25(20)12-4-5-13-28-3;;/h7,9,11,16-17,22H,4-6,8,10,12-15H2,1-3H3;2*1H/t17-;;/m0../s1. The number of unbranched alkanes of at least 4 members (excludes halogenated alkanes) is 1. The van der Waals surface area contributed by atoms with Crippen LogP contribution in [0.25, 0.3) is 11.2 Å². The third kappa shape index (κ3) is 6.54. The van der Waals surface area contributed by atoms with Crippen molar-refractivity contribution in [2.45, 2.75) is 52.1 Å². The van der Waals surface area contributed by atoms with Gasteiger partial charge in [-0.15, -0.1) is 24.8 Å². The van der Waals surface area contributed by atoms with Crippen molar-refractivity contribution in [3.8, 4) is 0 Å². The molecule has 1 saturated heterocycles. The van der Waals surface area contributed by atoms with Crippen molar-refractivity contribution in [2.24, 2.45) is 5.92 Å². The summed E-state index contributed by atoms with van der Waals surface area (Å²) in [5, 5.41) is 3.44. The van der Waals surface area contributed by atoms with E-state index < -0.39 is 0 Å². The number of rotatable bonds is 9. The molecule has 0 spiro atoms. The second-order valence-electron chi connectivity index (χ2n) is 7.98. The predicted molar refractivity (Wildman–Crippen MR) is 125 cm³/mol. The van der Waals surface area contributed by atoms with E-state index in [0.29, 0.717) is 11.7 Å². The number of hydrogen-bond acceptors (Lipinski definition) is 5. The van der Waals surface area contributed by atoms with Crippen LogP contribution in [0.2, 0.25) is 0 Å². The third-order valence-corrected chi connectivity index (χ3v) is 5.21. The maximum Gasteiger partial charge on any atom is 0.290 e. The second-order valence-corrected chi connectivity index (χ2v) is 7.98. The van der Waals surface area contributed by atoms with Crippen LogP contribution < -0.4 is 5.32 Å². The molecule has 0 aliphatic carbocycles. The van der Waals surface area contributed by atoms with Gasteiger partial charge in [-0.25, -0.2) is 9.97 Å². The van der Waals surface area contributed by atoms with Gasteiger partial charge in [0.2, 0.25) is 5.82 Å². The maximum atomic E-state index is 13.6. The molecule has 1 aliphatic rings. The third-order valence-electron chi connectivity index (χ3n) is 5.21. The first-order chi connectivity index (χ1) is 13.6. The number of imidazole rings is 1. The maximum absolute atomic E-state index is 13.6. The summed E-state index contributed by atoms with van der Waals surface area (Å²) in [6.45, 7) is 8.38. The Labute approximate surface area is 191 Å². The fourth-order valence-electron chi connectivity index (χ4n) is 3.87. The SMILES string of the molecule is COCCCCn1c(C(=O)N(CC(C)C)[C@H]2CCCNC2)nc2cccnc21.Cl.Cl. The van der Waals surface area contributed by atoms with Crippen molar-refractivity contribution >= 4 is 41.9 Å². The zero-order valence-electron chi connectivity index (χ0n) is 18.2. The molecule has 0 aromatic carbocycles. The Morgan fingerprint density at radius 2 is 2.17 bits per heavy atom. The zero-order valence-corrected chi connectivity index (χ0v) is 19.8. The van der Waals surface area contributed by atoms with E-state index in [9.17, 15) is 4.79 Å². The van der Waals surface area contributed by atoms with Crippen LogP contribution in [0.4, 0.5) is 0 Å². The van der Waals surface area contributed by atoms with Crippen LogP contribution in [0.5, 0.6) is 0 Å². The molecule has 9 heteroatoms. The summed E-state index contributed by atoms with van der Waals surface area (Å²) in [5.74, 6) is 0.938. The van der Waals surface area contributed by atoms with Gasteiger partial charge in [0, 0.05) is 45.6 Å². The minimum absolute atomic E-state index is 0. The Morgan fingerprint density at radius 3 is 2.83 bits per heavy atom. The lowest BCUT2D eigenvalue weighted by Crippen LogP contribution is -2.50. The number of fused-ring (bicyclic) bond motifs is 1. The monoisotopic (exact) mass is 459 g/mol. The molecule has 7 nitrogen and oxygen atoms in total. The molecule has 1 atom stereocenters. The summed E-state index contributed by atoms with van der Waals surface area (Å²) in [6.07, 6.45) is 5.77. The number of aromatic nitrogens is 3. The van der Waals surface area contributed by atoms with Crippen LogP contribution in [0.1, 0.15) is 50.1 Å². The highest BCUT2D eigenvalue weighted by Gasteiger charge is 2.30. The number of carbonyl (C=O) groups excluding carboxylic acids is 1. The second kappa shape index (κ2) is 13.1. The number of amides is 1. The van der Waals surface area contributed by atoms with Crippen LogP contribution in [0.3, 0.4) is 0 Å². The number of nitrogens with zero attached hydrogens (tertiary/aromatic N) is 4. The van der Waals surface area contributed by atoms with Gasteiger partial charge in [-0.3, -0.25) is 4.79 Å². The molecule has 3 rings (SSSR count). The van der Waals surface area contributed by atoms with Crippen molar-refractivity contribution in [3.63, 3.8) is 0 Å². The van der Waals surface area contributed by atoms with Crippen molar-refractivity contribution in [1.82, 2.24) is 24.8 Å². The molecule has 1 N–H and O–H groups in total. The average Bonchev–Trinajstić information content (AvgIpc) is 3.08. The smallest absolute Gasteiger partial charge is 0.290 e. The van der Waals surface area contributed by atoms with Gasteiger partial charge in [-0.05, 0) is 50.3 Å². The van der Waals surface area contributed by atoms with Crippen LogP contribution in [0.15, 0.2) is 18.3 Å². The number of halogens is 2. The molecule has 0 saturated carbocycles. The van der Waals surface area contributed by atoms with Gasteiger partial charge >= 0.3 is 0 Å². The Bertz CT molecular complexity index is 778. The summed E-state index contributed by atoms with van der Waals surface area (Å²) in [6, 6.07) is 4.02. The van der Waals surface area contributed by atoms with E-state index in [1.165, 1.54) is 0 Å². The van der Waals surface area contributed by atoms with E-state index in [1.807, 2.05) is 21.6 Å². The van der Waals surface area contributed by atoms with Crippen LogP contribution in [-0.4, -0.2) is 64.7 Å². The van der Waals surface area contributed by atoms with Gasteiger partial charge in [0.05, 0.1) is 0 Å². The molecule has 3 heterocycles. The van der Waals surface area contributed by atoms with Crippen LogP contribution in [-0.2, 0) is 11.3 Å². The van der Waals surface area contributed by atoms with Crippen LogP contribution in [0, 0.1) is 5.92 Å². The number of methoxy groups -OCH3 is 1. The molecule has 2 aromatic heterocycles. The normalized spacial score (nSPS) is 16.2. The summed E-state index contributed by atoms with van der Waals surface area (Å²) >= 11 is 0. The lowest BCUT2D eigenvalue weighted by molar-refractivity contribution is 0.0603. The van der Waals surface area contributed by atoms with E-state index in [-0.39, 0.29) is 36.8 Å². The average molecular weight is 460 g/mol. The minimum atomic E-state index is 0. The van der Waals surface area contributed by atoms with Gasteiger partial charge < -0.3 is 19.5 Å². The van der Waals surface area contributed by atoms with E-state index >= 15 is 0 Å². The van der Waals surface area contributed by atoms with Crippen molar-refractivity contribution in [1.29, 1.82) is 0 Å². The fraction of sp³-hybridized carbons (Fsp3) is 0.667. The van der Waals surface area contributed by atoms with Gasteiger partial charge in [0.25, 0.3) is 5.91 Å². The topological polar surface area (TPSA) is 72.3 Å². The van der Waals surface area contributed by atoms with Gasteiger partial charge in [-0.2, -0.15) is 0 Å². The molecule has 1 aliphatic heterocycles. The number of hydrogen-bond donors (Lipinski definition) is 1. The van der Waals surface area contributed by atoms with Crippen molar-refractivity contribution < 1.29 is 9.53 Å². The summed E-state index contributed by atoms with van der Waals surface area (Å²) < 4.78 is 7.16. The van der Waals surface area contributed by atoms with E-state index in [0.717, 1.165) is 69.6 Å². The van der Waals surface area contributed by atoms with Crippen molar-refractivity contribution in [2.75, 3.05) is 33.4 Å². The Kier molecular flexibility index (Phi) is 11.6. The first-order valence-electron chi connectivity index (χ1n) is 10.4. The highest BCUT2D eigenvalue weighted by atomic mass is 35.5. The predicted octanol–water partition coefficient (Wildman–Crippen LogP) is 3.55. The number of pyridine rings is 1. The van der Waals surface area contributed by atoms with Gasteiger partial charge in [0.15, 0.2) is 5.65 Å². The molecule has 0 radical (unpaired) electrons. The molecular formula is C21H35Cl2N5O2. The minimum Gasteiger partial charge on any atom is -0.385 e. The highest BCUT2D eigenvalue weighted by molar-refractivity contribution is 5.94. The fourth-order valence-corrected chi connectivity index (χ4v) is 3.87. The lowest BCUT2D eigenvalue weighted by Gasteiger charge is -2.35. The van der Waals surface area contributed by atoms with Crippen molar-refractivity contribution in [3.05, 3.63) is 24.2 Å². The number of ether oxygens (including phenoxy) is 1. The van der Waals surface area contributed by atoms with Gasteiger partial charge in [0.1, 0.15) is 5.52 Å². The first-order valence-corrected chi connectivity index (χ1v) is 10.4. The lowest BCUT2D eigenvalue weighted by atomic mass is 10.0. The largest absolute Gasteiger partial charge is 0.385 e. The quantitative estimate of drug-likeness (QED) is 0.580. The molecule has 170 valence electrons. The van der Waals surface area contributed by atoms with Gasteiger partial charge in [-0.1, -0.05) is 13.8 Å². The molecule has 0 unspecified atom stereocenters. The number of aryl methyl sites for hydroxylation is 1. The molecule has 30 heavy (non-hydrogen) atoms. The molecule has 1 fully saturated rings. The summed E-state index contributed by atoms with van der Waals surface area (Å²) in [7, 11) is 1.71. The summed E-state index contributed by atoms with van der Waals surface area (Å²) in [5.41, 5.74) is 1.57. The Morgan fingerprint density at radius 1 is 1.37 bits per heavy atom. The number of nitrogens with one attached hydrogen (secondary N) is 1. The number of piperidine rings is 1. The van der Waals surface area contributed by atoms with E-state index in [1.54, 1.807) is 13.3 Å². The Balaban J connectivity index is 0.00000225. The molecular weight excluding hydrogens is 425 g/mol. The van der Waals surface area contributed by atoms with E-state index in [2.05, 4.69) is 24.1 Å². The zero-order chi connectivity index (χ0) is 19.9. The van der Waals surface area contributed by atoms with E-state index in [4.69, 9.17) is 9.72 Å². The molecule has 0 bridgehead atoms. The van der Waals surface area contributed by atoms with Crippen LogP contribution >= 0.6 is 24.8 Å². The molecule has 2 aromatic rings. The Hall–Kier alpha value is -1.41. The highest BCUT2D eigenvalue weighted by Crippen LogP contribution is 2.20. The number of carbonyl (C=O) groups is 1. The molecule has 1 amide bonds. The summed E-state index contributed by atoms with van der Waals surface area (Å²) in [4.78, 5) is 24.8. The first kappa shape index (κ1) is 26.6.